The second-order valence-corrected chi connectivity index (χ2v) is 4.13. The van der Waals surface area contributed by atoms with Gasteiger partial charge in [-0.3, -0.25) is 0 Å². The Morgan fingerprint density at radius 1 is 1.05 bits per heavy atom. The molecule has 0 atom stereocenters. The number of nitrogens with zero attached hydrogens (tertiary/aromatic N) is 1. The first kappa shape index (κ1) is 13.0. The molecule has 0 unspecified atom stereocenters. The average molecular weight is 255 g/mol. The molecule has 0 aromatic heterocycles. The van der Waals surface area contributed by atoms with Gasteiger partial charge in [-0.2, -0.15) is 5.10 Å². The Kier molecular flexibility index (Phi) is 4.39. The van der Waals surface area contributed by atoms with E-state index in [0.717, 1.165) is 17.7 Å². The molecule has 0 spiro atoms. The summed E-state index contributed by atoms with van der Waals surface area (Å²) in [7, 11) is 0. The molecule has 4 heteroatoms. The summed E-state index contributed by atoms with van der Waals surface area (Å²) < 4.78 is 5.69. The van der Waals surface area contributed by atoms with Crippen LogP contribution in [0.5, 0.6) is 5.75 Å². The van der Waals surface area contributed by atoms with E-state index in [1.54, 1.807) is 0 Å². The Bertz CT molecular complexity index is 552. The van der Waals surface area contributed by atoms with Gasteiger partial charge in [0.15, 0.2) is 0 Å². The lowest BCUT2D eigenvalue weighted by atomic mass is 10.2. The molecule has 0 bridgehead atoms. The van der Waals surface area contributed by atoms with E-state index in [-0.39, 0.29) is 0 Å². The van der Waals surface area contributed by atoms with Crippen molar-refractivity contribution < 1.29 is 4.74 Å². The van der Waals surface area contributed by atoms with Crippen molar-refractivity contribution in [1.82, 2.24) is 0 Å². The van der Waals surface area contributed by atoms with Crippen molar-refractivity contribution >= 4 is 5.84 Å². The van der Waals surface area contributed by atoms with Crippen molar-refractivity contribution in [2.75, 3.05) is 6.61 Å². The molecule has 4 nitrogen and oxygen atoms in total. The van der Waals surface area contributed by atoms with Gasteiger partial charge in [-0.1, -0.05) is 42.5 Å². The van der Waals surface area contributed by atoms with Crippen LogP contribution in [0.15, 0.2) is 59.7 Å². The smallest absolute Gasteiger partial charge is 0.150 e. The first-order chi connectivity index (χ1) is 9.29. The van der Waals surface area contributed by atoms with Crippen LogP contribution in [0.4, 0.5) is 0 Å². The number of rotatable bonds is 5. The molecule has 0 aliphatic carbocycles. The maximum absolute atomic E-state index is 5.69. The van der Waals surface area contributed by atoms with Gasteiger partial charge >= 0.3 is 0 Å². The first-order valence-corrected chi connectivity index (χ1v) is 6.10. The highest BCUT2D eigenvalue weighted by Crippen LogP contribution is 2.13. The lowest BCUT2D eigenvalue weighted by Crippen LogP contribution is -2.15. The molecule has 19 heavy (non-hydrogen) atoms. The first-order valence-electron chi connectivity index (χ1n) is 6.10. The predicted molar refractivity (Wildman–Crippen MR) is 77.0 cm³/mol. The van der Waals surface area contributed by atoms with E-state index < -0.39 is 0 Å². The van der Waals surface area contributed by atoms with Gasteiger partial charge in [-0.05, 0) is 17.7 Å². The monoisotopic (exact) mass is 255 g/mol. The van der Waals surface area contributed by atoms with Crippen LogP contribution in [-0.4, -0.2) is 12.4 Å². The Hall–Kier alpha value is -2.49. The lowest BCUT2D eigenvalue weighted by Gasteiger charge is -2.07. The Morgan fingerprint density at radius 3 is 2.58 bits per heavy atom. The summed E-state index contributed by atoms with van der Waals surface area (Å²) in [4.78, 5) is 0. The number of nitrogens with two attached hydrogens (primary N) is 2. The summed E-state index contributed by atoms with van der Waals surface area (Å²) in [5, 5.41) is 3.47. The van der Waals surface area contributed by atoms with E-state index in [1.807, 2.05) is 42.5 Å². The van der Waals surface area contributed by atoms with E-state index in [9.17, 15) is 0 Å². The molecule has 0 saturated heterocycles. The summed E-state index contributed by atoms with van der Waals surface area (Å²) in [6.45, 7) is 0.618. The Morgan fingerprint density at radius 2 is 1.84 bits per heavy atom. The molecule has 4 N–H and O–H groups in total. The minimum atomic E-state index is 0.300. The zero-order chi connectivity index (χ0) is 13.5. The van der Waals surface area contributed by atoms with Crippen molar-refractivity contribution in [3.63, 3.8) is 0 Å². The number of amidine groups is 1. The molecule has 2 aromatic carbocycles. The highest BCUT2D eigenvalue weighted by molar-refractivity contribution is 5.97. The molecule has 0 fully saturated rings. The second kappa shape index (κ2) is 6.44. The van der Waals surface area contributed by atoms with E-state index in [1.165, 1.54) is 5.56 Å². The van der Waals surface area contributed by atoms with Crippen molar-refractivity contribution in [3.8, 4) is 5.75 Å². The van der Waals surface area contributed by atoms with Crippen LogP contribution in [-0.2, 0) is 6.42 Å². The van der Waals surface area contributed by atoms with E-state index in [2.05, 4.69) is 17.2 Å². The topological polar surface area (TPSA) is 73.6 Å². The molecular weight excluding hydrogens is 238 g/mol. The van der Waals surface area contributed by atoms with Crippen LogP contribution >= 0.6 is 0 Å². The Labute approximate surface area is 112 Å². The molecule has 98 valence electrons. The zero-order valence-corrected chi connectivity index (χ0v) is 10.6. The highest BCUT2D eigenvalue weighted by atomic mass is 16.5. The molecule has 0 aliphatic rings. The van der Waals surface area contributed by atoms with Gasteiger partial charge < -0.3 is 16.3 Å². The van der Waals surface area contributed by atoms with Crippen LogP contribution < -0.4 is 16.3 Å². The third-order valence-corrected chi connectivity index (χ3v) is 2.77. The number of ether oxygens (including phenoxy) is 1. The Balaban J connectivity index is 1.93. The van der Waals surface area contributed by atoms with Gasteiger partial charge in [-0.25, -0.2) is 0 Å². The minimum Gasteiger partial charge on any atom is -0.493 e. The lowest BCUT2D eigenvalue weighted by molar-refractivity contribution is 0.322. The van der Waals surface area contributed by atoms with Gasteiger partial charge in [0.25, 0.3) is 0 Å². The van der Waals surface area contributed by atoms with Crippen LogP contribution in [0.1, 0.15) is 11.1 Å². The molecule has 0 aliphatic heterocycles. The molecule has 2 aromatic rings. The van der Waals surface area contributed by atoms with Crippen molar-refractivity contribution in [3.05, 3.63) is 65.7 Å². The summed E-state index contributed by atoms with van der Waals surface area (Å²) >= 11 is 0. The van der Waals surface area contributed by atoms with Gasteiger partial charge in [-0.15, -0.1) is 0 Å². The second-order valence-electron chi connectivity index (χ2n) is 4.13. The van der Waals surface area contributed by atoms with E-state index in [0.29, 0.717) is 12.4 Å². The normalized spacial score (nSPS) is 11.3. The minimum absolute atomic E-state index is 0.300. The summed E-state index contributed by atoms with van der Waals surface area (Å²) in [6, 6.07) is 17.6. The molecule has 0 amide bonds. The van der Waals surface area contributed by atoms with Crippen molar-refractivity contribution in [1.29, 1.82) is 0 Å². The molecule has 2 rings (SSSR count). The fourth-order valence-electron chi connectivity index (χ4n) is 1.75. The third kappa shape index (κ3) is 3.74. The SMILES string of the molecule is NN=C(N)c1cccc(OCCc2ccccc2)c1. The van der Waals surface area contributed by atoms with Crippen molar-refractivity contribution in [2.45, 2.75) is 6.42 Å². The van der Waals surface area contributed by atoms with Crippen LogP contribution in [0, 0.1) is 0 Å². The van der Waals surface area contributed by atoms with Crippen molar-refractivity contribution in [2.24, 2.45) is 16.7 Å². The van der Waals surface area contributed by atoms with Crippen LogP contribution in [0.3, 0.4) is 0 Å². The number of hydrazone groups is 1. The number of benzene rings is 2. The predicted octanol–water partition coefficient (Wildman–Crippen LogP) is 1.89. The van der Waals surface area contributed by atoms with Crippen LogP contribution in [0.25, 0.3) is 0 Å². The average Bonchev–Trinajstić information content (AvgIpc) is 2.48. The standard InChI is InChI=1S/C15H17N3O/c16-15(18-17)13-7-4-8-14(11-13)19-10-9-12-5-2-1-3-6-12/h1-8,11H,9-10,17H2,(H2,16,18). The fourth-order valence-corrected chi connectivity index (χ4v) is 1.75. The fraction of sp³-hybridized carbons (Fsp3) is 0.133. The van der Waals surface area contributed by atoms with E-state index in [4.69, 9.17) is 16.3 Å². The number of hydrogen-bond donors (Lipinski definition) is 2. The van der Waals surface area contributed by atoms with Crippen LogP contribution in [0.2, 0.25) is 0 Å². The highest BCUT2D eigenvalue weighted by Gasteiger charge is 2.01. The quantitative estimate of drug-likeness (QED) is 0.371. The number of hydrogen-bond acceptors (Lipinski definition) is 3. The van der Waals surface area contributed by atoms with Gasteiger partial charge in [0, 0.05) is 12.0 Å². The van der Waals surface area contributed by atoms with Gasteiger partial charge in [0.05, 0.1) is 6.61 Å². The molecular formula is C15H17N3O. The maximum atomic E-state index is 5.69. The third-order valence-electron chi connectivity index (χ3n) is 2.77. The van der Waals surface area contributed by atoms with E-state index >= 15 is 0 Å². The molecule has 0 heterocycles. The zero-order valence-electron chi connectivity index (χ0n) is 10.6. The molecule has 0 saturated carbocycles. The molecule has 0 radical (unpaired) electrons. The summed E-state index contributed by atoms with van der Waals surface area (Å²) in [6.07, 6.45) is 0.867. The van der Waals surface area contributed by atoms with Gasteiger partial charge in [0.2, 0.25) is 0 Å². The van der Waals surface area contributed by atoms with Gasteiger partial charge in [0.1, 0.15) is 11.6 Å². The maximum Gasteiger partial charge on any atom is 0.150 e. The largest absolute Gasteiger partial charge is 0.493 e. The summed E-state index contributed by atoms with van der Waals surface area (Å²) in [5.74, 6) is 6.22. The summed E-state index contributed by atoms with van der Waals surface area (Å²) in [5.41, 5.74) is 7.67.